The fourth-order valence-corrected chi connectivity index (χ4v) is 3.18. The van der Waals surface area contributed by atoms with Crippen molar-refractivity contribution in [2.24, 2.45) is 0 Å². The second-order valence-corrected chi connectivity index (χ2v) is 5.73. The molecular weight excluding hydrogens is 337 g/mol. The lowest BCUT2D eigenvalue weighted by Crippen LogP contribution is -2.49. The molecule has 18 heavy (non-hydrogen) atoms. The van der Waals surface area contributed by atoms with E-state index in [1.54, 1.807) is 0 Å². The number of likely N-dealkylation sites (N-methyl/N-ethyl adjacent to an activating group) is 1. The minimum atomic E-state index is -0.598. The Kier molecular flexibility index (Phi) is 5.66. The number of carbonyl (C=O) groups excluding carboxylic acids is 1. The van der Waals surface area contributed by atoms with Gasteiger partial charge in [0.15, 0.2) is 5.78 Å². The Morgan fingerprint density at radius 1 is 1.39 bits per heavy atom. The van der Waals surface area contributed by atoms with Crippen molar-refractivity contribution in [1.29, 1.82) is 0 Å². The van der Waals surface area contributed by atoms with Gasteiger partial charge in [-0.1, -0.05) is 34.0 Å². The van der Waals surface area contributed by atoms with Gasteiger partial charge in [-0.05, 0) is 43.7 Å². The molecule has 5 heteroatoms. The SMILES string of the molecule is CNC1(c2cc(Br)ccc2Cl)CCCCC1=O.Cl. The first kappa shape index (κ1) is 16.0. The molecule has 1 aliphatic rings. The van der Waals surface area contributed by atoms with Crippen LogP contribution in [0.4, 0.5) is 0 Å². The fourth-order valence-electron chi connectivity index (χ4n) is 2.54. The molecule has 0 heterocycles. The maximum atomic E-state index is 12.3. The molecule has 0 radical (unpaired) electrons. The molecule has 1 atom stereocenters. The van der Waals surface area contributed by atoms with E-state index in [4.69, 9.17) is 11.6 Å². The van der Waals surface area contributed by atoms with Crippen LogP contribution in [0.3, 0.4) is 0 Å². The highest BCUT2D eigenvalue weighted by molar-refractivity contribution is 9.10. The summed E-state index contributed by atoms with van der Waals surface area (Å²) in [5.41, 5.74) is 0.291. The summed E-state index contributed by atoms with van der Waals surface area (Å²) in [4.78, 5) is 12.3. The Balaban J connectivity index is 0.00000162. The zero-order chi connectivity index (χ0) is 12.5. The molecule has 0 bridgehead atoms. The molecule has 100 valence electrons. The lowest BCUT2D eigenvalue weighted by atomic mass is 9.75. The Hall–Kier alpha value is -0.0900. The van der Waals surface area contributed by atoms with Crippen molar-refractivity contribution in [3.8, 4) is 0 Å². The molecule has 1 N–H and O–H groups in total. The van der Waals surface area contributed by atoms with Crippen LogP contribution in [0.1, 0.15) is 31.2 Å². The van der Waals surface area contributed by atoms with Crippen molar-refractivity contribution in [2.75, 3.05) is 7.05 Å². The van der Waals surface area contributed by atoms with E-state index in [9.17, 15) is 4.79 Å². The second-order valence-electron chi connectivity index (χ2n) is 4.41. The lowest BCUT2D eigenvalue weighted by molar-refractivity contribution is -0.127. The van der Waals surface area contributed by atoms with Crippen LogP contribution in [0, 0.1) is 0 Å². The molecule has 0 aromatic heterocycles. The average molecular weight is 353 g/mol. The number of halogens is 3. The molecule has 0 aliphatic heterocycles. The summed E-state index contributed by atoms with van der Waals surface area (Å²) < 4.78 is 0.949. The minimum Gasteiger partial charge on any atom is -0.304 e. The molecule has 1 aliphatic carbocycles. The zero-order valence-corrected chi connectivity index (χ0v) is 13.3. The van der Waals surface area contributed by atoms with Crippen LogP contribution >= 0.6 is 39.9 Å². The first-order chi connectivity index (χ1) is 8.10. The van der Waals surface area contributed by atoms with E-state index in [2.05, 4.69) is 21.2 Å². The standard InChI is InChI=1S/C13H15BrClNO.ClH/c1-16-13(7-3-2-4-12(13)17)10-8-9(14)5-6-11(10)15;/h5-6,8,16H,2-4,7H2,1H3;1H. The van der Waals surface area contributed by atoms with Crippen LogP contribution in [0.15, 0.2) is 22.7 Å². The molecule has 0 saturated heterocycles. The van der Waals surface area contributed by atoms with E-state index >= 15 is 0 Å². The third-order valence-corrected chi connectivity index (χ3v) is 4.32. The van der Waals surface area contributed by atoms with Gasteiger partial charge in [-0.25, -0.2) is 0 Å². The monoisotopic (exact) mass is 351 g/mol. The summed E-state index contributed by atoms with van der Waals surface area (Å²) in [6.45, 7) is 0. The minimum absolute atomic E-state index is 0. The number of benzene rings is 1. The summed E-state index contributed by atoms with van der Waals surface area (Å²) in [5, 5.41) is 3.85. The van der Waals surface area contributed by atoms with E-state index in [1.165, 1.54) is 0 Å². The number of hydrogen-bond acceptors (Lipinski definition) is 2. The predicted molar refractivity (Wildman–Crippen MR) is 80.6 cm³/mol. The van der Waals surface area contributed by atoms with E-state index < -0.39 is 5.54 Å². The highest BCUT2D eigenvalue weighted by Crippen LogP contribution is 2.38. The van der Waals surface area contributed by atoms with Crippen LogP contribution in [0.2, 0.25) is 5.02 Å². The average Bonchev–Trinajstić information content (AvgIpc) is 2.33. The van der Waals surface area contributed by atoms with Crippen LogP contribution in [-0.4, -0.2) is 12.8 Å². The van der Waals surface area contributed by atoms with Gasteiger partial charge in [-0.3, -0.25) is 4.79 Å². The van der Waals surface area contributed by atoms with Gasteiger partial charge in [0.2, 0.25) is 0 Å². The van der Waals surface area contributed by atoms with Gasteiger partial charge >= 0.3 is 0 Å². The third-order valence-electron chi connectivity index (χ3n) is 3.50. The number of Topliss-reactive ketones (excluding diaryl/α,β-unsaturated/α-hetero) is 1. The second kappa shape index (κ2) is 6.38. The van der Waals surface area contributed by atoms with Crippen molar-refractivity contribution in [3.05, 3.63) is 33.3 Å². The summed E-state index contributed by atoms with van der Waals surface area (Å²) >= 11 is 9.69. The quantitative estimate of drug-likeness (QED) is 0.868. The predicted octanol–water partition coefficient (Wildman–Crippen LogP) is 4.08. The maximum absolute atomic E-state index is 12.3. The Morgan fingerprint density at radius 3 is 2.72 bits per heavy atom. The molecule has 2 nitrogen and oxygen atoms in total. The van der Waals surface area contributed by atoms with Crippen molar-refractivity contribution in [3.63, 3.8) is 0 Å². The zero-order valence-electron chi connectivity index (χ0n) is 10.1. The van der Waals surface area contributed by atoms with Crippen LogP contribution in [-0.2, 0) is 10.3 Å². The Morgan fingerprint density at radius 2 is 2.11 bits per heavy atom. The Bertz CT molecular complexity index is 453. The molecular formula is C13H16BrCl2NO. The lowest BCUT2D eigenvalue weighted by Gasteiger charge is -2.36. The van der Waals surface area contributed by atoms with Gasteiger partial charge in [0, 0.05) is 15.9 Å². The van der Waals surface area contributed by atoms with Crippen molar-refractivity contribution >= 4 is 45.7 Å². The first-order valence-corrected chi connectivity index (χ1v) is 6.95. The molecule has 0 amide bonds. The van der Waals surface area contributed by atoms with Gasteiger partial charge < -0.3 is 5.32 Å². The van der Waals surface area contributed by atoms with Gasteiger partial charge in [-0.2, -0.15) is 0 Å². The molecule has 0 spiro atoms. The smallest absolute Gasteiger partial charge is 0.157 e. The number of carbonyl (C=O) groups is 1. The van der Waals surface area contributed by atoms with Crippen molar-refractivity contribution < 1.29 is 4.79 Å². The van der Waals surface area contributed by atoms with Gasteiger partial charge in [0.25, 0.3) is 0 Å². The molecule has 1 saturated carbocycles. The van der Waals surface area contributed by atoms with Crippen LogP contribution in [0.25, 0.3) is 0 Å². The van der Waals surface area contributed by atoms with Gasteiger partial charge in [0.05, 0.1) is 0 Å². The Labute approximate surface area is 127 Å². The van der Waals surface area contributed by atoms with Crippen molar-refractivity contribution in [2.45, 2.75) is 31.2 Å². The normalized spacial score (nSPS) is 23.6. The van der Waals surface area contributed by atoms with Gasteiger partial charge in [-0.15, -0.1) is 12.4 Å². The van der Waals surface area contributed by atoms with Crippen molar-refractivity contribution in [1.82, 2.24) is 5.32 Å². The molecule has 1 aromatic carbocycles. The third kappa shape index (κ3) is 2.74. The molecule has 2 rings (SSSR count). The topological polar surface area (TPSA) is 29.1 Å². The summed E-state index contributed by atoms with van der Waals surface area (Å²) in [7, 11) is 1.83. The number of nitrogens with one attached hydrogen (secondary N) is 1. The largest absolute Gasteiger partial charge is 0.304 e. The molecule has 1 fully saturated rings. The van der Waals surface area contributed by atoms with Crippen LogP contribution in [0.5, 0.6) is 0 Å². The van der Waals surface area contributed by atoms with E-state index in [1.807, 2.05) is 25.2 Å². The molecule has 1 unspecified atom stereocenters. The highest BCUT2D eigenvalue weighted by Gasteiger charge is 2.41. The number of ketones is 1. The first-order valence-electron chi connectivity index (χ1n) is 5.78. The van der Waals surface area contributed by atoms with Gasteiger partial charge in [0.1, 0.15) is 5.54 Å². The fraction of sp³-hybridized carbons (Fsp3) is 0.462. The van der Waals surface area contributed by atoms with E-state index in [0.29, 0.717) is 11.4 Å². The maximum Gasteiger partial charge on any atom is 0.157 e. The summed E-state index contributed by atoms with van der Waals surface area (Å²) in [6, 6.07) is 5.67. The van der Waals surface area contributed by atoms with E-state index in [-0.39, 0.29) is 18.2 Å². The van der Waals surface area contributed by atoms with E-state index in [0.717, 1.165) is 29.3 Å². The number of rotatable bonds is 2. The summed E-state index contributed by atoms with van der Waals surface area (Å²) in [5.74, 6) is 0.242. The highest BCUT2D eigenvalue weighted by atomic mass is 79.9. The molecule has 1 aromatic rings. The van der Waals surface area contributed by atoms with Crippen LogP contribution < -0.4 is 5.32 Å². The summed E-state index contributed by atoms with van der Waals surface area (Å²) in [6.07, 6.45) is 3.48. The number of hydrogen-bond donors (Lipinski definition) is 1.